The summed E-state index contributed by atoms with van der Waals surface area (Å²) in [5.41, 5.74) is 2.79. The third-order valence-corrected chi connectivity index (χ3v) is 4.91. The lowest BCUT2D eigenvalue weighted by Gasteiger charge is -2.17. The zero-order valence-electron chi connectivity index (χ0n) is 14.9. The summed E-state index contributed by atoms with van der Waals surface area (Å²) in [6.07, 6.45) is 0.673. The van der Waals surface area contributed by atoms with Gasteiger partial charge in [-0.25, -0.2) is 4.39 Å². The molecule has 136 valence electrons. The SMILES string of the molecule is Cc1ccccc1CNC(=O)C1CC(=O)N(CCc2ccccc2F)C1. The Balaban J connectivity index is 1.51. The van der Waals surface area contributed by atoms with Gasteiger partial charge in [-0.15, -0.1) is 0 Å². The van der Waals surface area contributed by atoms with Crippen molar-refractivity contribution in [1.82, 2.24) is 10.2 Å². The van der Waals surface area contributed by atoms with E-state index in [0.717, 1.165) is 11.1 Å². The van der Waals surface area contributed by atoms with Crippen molar-refractivity contribution in [2.24, 2.45) is 5.92 Å². The van der Waals surface area contributed by atoms with Crippen molar-refractivity contribution < 1.29 is 14.0 Å². The van der Waals surface area contributed by atoms with Crippen molar-refractivity contribution >= 4 is 11.8 Å². The van der Waals surface area contributed by atoms with Crippen molar-refractivity contribution in [2.75, 3.05) is 13.1 Å². The Morgan fingerprint density at radius 2 is 1.85 bits per heavy atom. The molecule has 0 saturated carbocycles. The molecule has 1 heterocycles. The molecule has 2 amide bonds. The topological polar surface area (TPSA) is 49.4 Å². The summed E-state index contributed by atoms with van der Waals surface area (Å²) >= 11 is 0. The minimum Gasteiger partial charge on any atom is -0.352 e. The van der Waals surface area contributed by atoms with Gasteiger partial charge in [0.2, 0.25) is 11.8 Å². The monoisotopic (exact) mass is 354 g/mol. The van der Waals surface area contributed by atoms with Crippen molar-refractivity contribution in [1.29, 1.82) is 0 Å². The van der Waals surface area contributed by atoms with E-state index >= 15 is 0 Å². The van der Waals surface area contributed by atoms with Gasteiger partial charge in [0.25, 0.3) is 0 Å². The Labute approximate surface area is 153 Å². The van der Waals surface area contributed by atoms with Crippen LogP contribution >= 0.6 is 0 Å². The number of amides is 2. The molecular weight excluding hydrogens is 331 g/mol. The maximum atomic E-state index is 13.7. The lowest BCUT2D eigenvalue weighted by Crippen LogP contribution is -2.33. The number of carbonyl (C=O) groups is 2. The van der Waals surface area contributed by atoms with E-state index in [-0.39, 0.29) is 30.0 Å². The second-order valence-electron chi connectivity index (χ2n) is 6.73. The van der Waals surface area contributed by atoms with Crippen molar-refractivity contribution in [3.63, 3.8) is 0 Å². The Hall–Kier alpha value is -2.69. The van der Waals surface area contributed by atoms with Gasteiger partial charge in [0, 0.05) is 26.1 Å². The Morgan fingerprint density at radius 1 is 1.15 bits per heavy atom. The fourth-order valence-electron chi connectivity index (χ4n) is 3.26. The molecule has 26 heavy (non-hydrogen) atoms. The molecule has 0 aromatic heterocycles. The summed E-state index contributed by atoms with van der Waals surface area (Å²) in [7, 11) is 0. The molecule has 3 rings (SSSR count). The molecule has 1 fully saturated rings. The maximum absolute atomic E-state index is 13.7. The average Bonchev–Trinajstić information content (AvgIpc) is 3.01. The van der Waals surface area contributed by atoms with Crippen LogP contribution in [-0.4, -0.2) is 29.8 Å². The number of nitrogens with zero attached hydrogens (tertiary/aromatic N) is 1. The lowest BCUT2D eigenvalue weighted by atomic mass is 10.1. The smallest absolute Gasteiger partial charge is 0.225 e. The fraction of sp³-hybridized carbons (Fsp3) is 0.333. The molecule has 0 radical (unpaired) electrons. The molecule has 1 aliphatic rings. The predicted octanol–water partition coefficient (Wildman–Crippen LogP) is 2.84. The van der Waals surface area contributed by atoms with Gasteiger partial charge < -0.3 is 10.2 Å². The Kier molecular flexibility index (Phi) is 5.66. The van der Waals surface area contributed by atoms with E-state index in [2.05, 4.69) is 5.32 Å². The second kappa shape index (κ2) is 8.13. The van der Waals surface area contributed by atoms with Gasteiger partial charge >= 0.3 is 0 Å². The minimum absolute atomic E-state index is 0.0441. The third-order valence-electron chi connectivity index (χ3n) is 4.91. The van der Waals surface area contributed by atoms with Gasteiger partial charge in [-0.05, 0) is 36.1 Å². The number of hydrogen-bond donors (Lipinski definition) is 1. The second-order valence-corrected chi connectivity index (χ2v) is 6.73. The van der Waals surface area contributed by atoms with E-state index in [4.69, 9.17) is 0 Å². The van der Waals surface area contributed by atoms with Gasteiger partial charge in [0.05, 0.1) is 5.92 Å². The van der Waals surface area contributed by atoms with Crippen molar-refractivity contribution in [2.45, 2.75) is 26.3 Å². The van der Waals surface area contributed by atoms with E-state index in [1.807, 2.05) is 31.2 Å². The fourth-order valence-corrected chi connectivity index (χ4v) is 3.26. The van der Waals surface area contributed by atoms with Crippen LogP contribution in [0.2, 0.25) is 0 Å². The summed E-state index contributed by atoms with van der Waals surface area (Å²) in [6, 6.07) is 14.5. The highest BCUT2D eigenvalue weighted by atomic mass is 19.1. The molecule has 1 saturated heterocycles. The van der Waals surface area contributed by atoms with E-state index in [1.165, 1.54) is 6.07 Å². The van der Waals surface area contributed by atoms with Crippen LogP contribution in [-0.2, 0) is 22.6 Å². The van der Waals surface area contributed by atoms with Gasteiger partial charge in [-0.1, -0.05) is 42.5 Å². The largest absolute Gasteiger partial charge is 0.352 e. The first-order valence-electron chi connectivity index (χ1n) is 8.88. The molecule has 0 bridgehead atoms. The van der Waals surface area contributed by atoms with E-state index in [1.54, 1.807) is 23.1 Å². The average molecular weight is 354 g/mol. The van der Waals surface area contributed by atoms with Crippen LogP contribution in [0.4, 0.5) is 4.39 Å². The molecule has 1 N–H and O–H groups in total. The number of hydrogen-bond acceptors (Lipinski definition) is 2. The zero-order chi connectivity index (χ0) is 18.5. The van der Waals surface area contributed by atoms with E-state index < -0.39 is 0 Å². The summed E-state index contributed by atoms with van der Waals surface area (Å²) in [6.45, 7) is 3.30. The normalized spacial score (nSPS) is 16.8. The molecule has 4 nitrogen and oxygen atoms in total. The molecule has 1 aliphatic heterocycles. The van der Waals surface area contributed by atoms with Crippen molar-refractivity contribution in [3.8, 4) is 0 Å². The highest BCUT2D eigenvalue weighted by molar-refractivity contribution is 5.89. The first-order chi connectivity index (χ1) is 12.5. The van der Waals surface area contributed by atoms with Crippen molar-refractivity contribution in [3.05, 3.63) is 71.0 Å². The number of carbonyl (C=O) groups excluding carboxylic acids is 2. The first-order valence-corrected chi connectivity index (χ1v) is 8.88. The van der Waals surface area contributed by atoms with E-state index in [0.29, 0.717) is 31.6 Å². The first kappa shape index (κ1) is 18.1. The van der Waals surface area contributed by atoms with Gasteiger partial charge in [-0.3, -0.25) is 9.59 Å². The summed E-state index contributed by atoms with van der Waals surface area (Å²) in [5, 5.41) is 2.93. The van der Waals surface area contributed by atoms with Crippen LogP contribution in [0.15, 0.2) is 48.5 Å². The molecule has 1 atom stereocenters. The molecular formula is C21H23FN2O2. The minimum atomic E-state index is -0.341. The number of likely N-dealkylation sites (tertiary alicyclic amines) is 1. The van der Waals surface area contributed by atoms with E-state index in [9.17, 15) is 14.0 Å². The number of halogens is 1. The zero-order valence-corrected chi connectivity index (χ0v) is 14.9. The quantitative estimate of drug-likeness (QED) is 0.867. The number of rotatable bonds is 6. The molecule has 0 aliphatic carbocycles. The standard InChI is InChI=1S/C21H23FN2O2/c1-15-6-2-3-8-17(15)13-23-21(26)18-12-20(25)24(14-18)11-10-16-7-4-5-9-19(16)22/h2-9,18H,10-14H2,1H3,(H,23,26). The van der Waals surface area contributed by atoms with Crippen LogP contribution in [0, 0.1) is 18.7 Å². The number of nitrogens with one attached hydrogen (secondary N) is 1. The molecule has 0 spiro atoms. The third kappa shape index (κ3) is 4.28. The summed E-state index contributed by atoms with van der Waals surface area (Å²) in [5.74, 6) is -0.744. The van der Waals surface area contributed by atoms with Crippen LogP contribution < -0.4 is 5.32 Å². The molecule has 2 aromatic rings. The number of benzene rings is 2. The summed E-state index contributed by atoms with van der Waals surface area (Å²) < 4.78 is 13.7. The summed E-state index contributed by atoms with van der Waals surface area (Å²) in [4.78, 5) is 26.2. The maximum Gasteiger partial charge on any atom is 0.225 e. The Morgan fingerprint density at radius 3 is 2.58 bits per heavy atom. The number of aryl methyl sites for hydroxylation is 1. The molecule has 1 unspecified atom stereocenters. The highest BCUT2D eigenvalue weighted by Crippen LogP contribution is 2.19. The predicted molar refractivity (Wildman–Crippen MR) is 97.8 cm³/mol. The molecule has 5 heteroatoms. The lowest BCUT2D eigenvalue weighted by molar-refractivity contribution is -0.129. The van der Waals surface area contributed by atoms with Gasteiger partial charge in [0.1, 0.15) is 5.82 Å². The van der Waals surface area contributed by atoms with Gasteiger partial charge in [0.15, 0.2) is 0 Å². The Bertz CT molecular complexity index is 806. The van der Waals surface area contributed by atoms with Crippen LogP contribution in [0.1, 0.15) is 23.1 Å². The van der Waals surface area contributed by atoms with Crippen LogP contribution in [0.25, 0.3) is 0 Å². The van der Waals surface area contributed by atoms with Crippen LogP contribution in [0.3, 0.4) is 0 Å². The molecule has 2 aromatic carbocycles. The van der Waals surface area contributed by atoms with Crippen LogP contribution in [0.5, 0.6) is 0 Å². The highest BCUT2D eigenvalue weighted by Gasteiger charge is 2.33. The van der Waals surface area contributed by atoms with Gasteiger partial charge in [-0.2, -0.15) is 0 Å².